The zero-order valence-corrected chi connectivity index (χ0v) is 22.6. The summed E-state index contributed by atoms with van der Waals surface area (Å²) in [5.41, 5.74) is 0.399. The zero-order valence-electron chi connectivity index (χ0n) is 22.6. The molecule has 0 spiro atoms. The number of aryl methyl sites for hydroxylation is 1. The molecule has 1 aliphatic heterocycles. The summed E-state index contributed by atoms with van der Waals surface area (Å²) in [4.78, 5) is 66.9. The molecule has 5 heterocycles. The van der Waals surface area contributed by atoms with E-state index in [-0.39, 0.29) is 29.9 Å². The standard InChI is InChI=1S/C28H30N8O4/c1-4-20(37)14-35-27(39)24-25(33(3)28(35)40)30-15-36(24)16(2)26(38)32-22-7-5-6-21(31-22)17-8-9-23(29-11-17)34-12-18-10-19(18)13-34/h5-9,11,15-16,18-19H,4,10,12-14H2,1-3H3,(H,31,32,38)/t16-,18?,19?/m0/s1. The number of rotatable bonds is 8. The van der Waals surface area contributed by atoms with Crippen LogP contribution in [0.1, 0.15) is 32.7 Å². The second kappa shape index (κ2) is 9.85. The first-order valence-corrected chi connectivity index (χ1v) is 13.4. The van der Waals surface area contributed by atoms with Gasteiger partial charge in [0.1, 0.15) is 17.7 Å². The molecule has 3 atom stereocenters. The minimum Gasteiger partial charge on any atom is -0.356 e. The number of fused-ring (bicyclic) bond motifs is 2. The summed E-state index contributed by atoms with van der Waals surface area (Å²) >= 11 is 0. The van der Waals surface area contributed by atoms with Crippen LogP contribution in [0.5, 0.6) is 0 Å². The highest BCUT2D eigenvalue weighted by molar-refractivity contribution is 5.93. The molecule has 12 nitrogen and oxygen atoms in total. The molecule has 40 heavy (non-hydrogen) atoms. The van der Waals surface area contributed by atoms with Crippen molar-refractivity contribution >= 4 is 34.5 Å². The lowest BCUT2D eigenvalue weighted by molar-refractivity contribution is -0.120. The Morgan fingerprint density at radius 1 is 1.10 bits per heavy atom. The molecule has 2 unspecified atom stereocenters. The van der Waals surface area contributed by atoms with Crippen LogP contribution in [0, 0.1) is 11.8 Å². The maximum absolute atomic E-state index is 13.2. The Morgan fingerprint density at radius 2 is 1.88 bits per heavy atom. The van der Waals surface area contributed by atoms with Crippen LogP contribution in [0.2, 0.25) is 0 Å². The average Bonchev–Trinajstić information content (AvgIpc) is 3.35. The van der Waals surface area contributed by atoms with Gasteiger partial charge in [-0.2, -0.15) is 0 Å². The predicted octanol–water partition coefficient (Wildman–Crippen LogP) is 1.99. The van der Waals surface area contributed by atoms with Crippen molar-refractivity contribution in [1.29, 1.82) is 0 Å². The summed E-state index contributed by atoms with van der Waals surface area (Å²) in [5, 5.41) is 2.81. The van der Waals surface area contributed by atoms with Crippen molar-refractivity contribution in [3.05, 3.63) is 63.7 Å². The van der Waals surface area contributed by atoms with Crippen molar-refractivity contribution in [3.8, 4) is 11.3 Å². The number of hydrogen-bond acceptors (Lipinski definition) is 8. The third-order valence-corrected chi connectivity index (χ3v) is 7.93. The summed E-state index contributed by atoms with van der Waals surface area (Å²) in [5.74, 6) is 2.29. The fraction of sp³-hybridized carbons (Fsp3) is 0.393. The number of Topliss-reactive ketones (excluding diaryl/α,β-unsaturated/α-hetero) is 1. The van der Waals surface area contributed by atoms with Gasteiger partial charge in [0.2, 0.25) is 5.91 Å². The Hall–Kier alpha value is -4.61. The number of aromatic nitrogens is 6. The molecule has 1 saturated heterocycles. The lowest BCUT2D eigenvalue weighted by atomic mass is 10.2. The molecule has 1 aliphatic carbocycles. The number of piperidine rings is 1. The van der Waals surface area contributed by atoms with Gasteiger partial charge in [0.25, 0.3) is 5.56 Å². The van der Waals surface area contributed by atoms with Gasteiger partial charge in [-0.1, -0.05) is 13.0 Å². The normalized spacial score (nSPS) is 18.5. The Kier molecular flexibility index (Phi) is 6.32. The molecular weight excluding hydrogens is 512 g/mol. The van der Waals surface area contributed by atoms with Crippen molar-refractivity contribution in [3.63, 3.8) is 0 Å². The molecule has 2 fully saturated rings. The van der Waals surface area contributed by atoms with E-state index in [1.807, 2.05) is 18.2 Å². The number of anilines is 2. The summed E-state index contributed by atoms with van der Waals surface area (Å²) in [6.07, 6.45) is 4.68. The van der Waals surface area contributed by atoms with Crippen LogP contribution in [0.15, 0.2) is 52.4 Å². The molecule has 206 valence electrons. The van der Waals surface area contributed by atoms with Crippen molar-refractivity contribution < 1.29 is 9.59 Å². The van der Waals surface area contributed by atoms with Gasteiger partial charge >= 0.3 is 5.69 Å². The van der Waals surface area contributed by atoms with Crippen LogP contribution in [-0.4, -0.2) is 53.4 Å². The SMILES string of the molecule is CCC(=O)Cn1c(=O)c2c(ncn2[C@@H](C)C(=O)Nc2cccc(-c3ccc(N4CC5CC5C4)nc3)n2)n(C)c1=O. The van der Waals surface area contributed by atoms with Gasteiger partial charge in [-0.25, -0.2) is 19.7 Å². The molecule has 0 bridgehead atoms. The lowest BCUT2D eigenvalue weighted by Crippen LogP contribution is -2.41. The molecule has 4 aromatic heterocycles. The Morgan fingerprint density at radius 3 is 2.58 bits per heavy atom. The Bertz CT molecular complexity index is 1740. The Labute approximate surface area is 229 Å². The molecule has 1 amide bonds. The highest BCUT2D eigenvalue weighted by Crippen LogP contribution is 2.45. The number of carbonyl (C=O) groups excluding carboxylic acids is 2. The fourth-order valence-electron chi connectivity index (χ4n) is 5.34. The summed E-state index contributed by atoms with van der Waals surface area (Å²) in [7, 11) is 1.48. The number of nitrogens with zero attached hydrogens (tertiary/aromatic N) is 7. The number of hydrogen-bond donors (Lipinski definition) is 1. The monoisotopic (exact) mass is 542 g/mol. The van der Waals surface area contributed by atoms with Crippen molar-refractivity contribution in [2.45, 2.75) is 39.3 Å². The largest absolute Gasteiger partial charge is 0.356 e. The third-order valence-electron chi connectivity index (χ3n) is 7.93. The maximum atomic E-state index is 13.2. The van der Waals surface area contributed by atoms with Crippen LogP contribution < -0.4 is 21.5 Å². The number of ketones is 1. The van der Waals surface area contributed by atoms with E-state index >= 15 is 0 Å². The number of nitrogens with one attached hydrogen (secondary N) is 1. The predicted molar refractivity (Wildman–Crippen MR) is 149 cm³/mol. The highest BCUT2D eigenvalue weighted by Gasteiger charge is 2.45. The van der Waals surface area contributed by atoms with Gasteiger partial charge in [-0.15, -0.1) is 0 Å². The fourth-order valence-corrected chi connectivity index (χ4v) is 5.34. The van der Waals surface area contributed by atoms with E-state index in [9.17, 15) is 19.2 Å². The first kappa shape index (κ1) is 25.7. The summed E-state index contributed by atoms with van der Waals surface area (Å²) in [6.45, 7) is 5.09. The van der Waals surface area contributed by atoms with E-state index in [1.54, 1.807) is 32.2 Å². The average molecular weight is 543 g/mol. The molecule has 0 aromatic carbocycles. The number of imidazole rings is 1. The van der Waals surface area contributed by atoms with E-state index in [1.165, 1.54) is 28.9 Å². The molecule has 1 saturated carbocycles. The van der Waals surface area contributed by atoms with Gasteiger partial charge in [0.15, 0.2) is 16.9 Å². The van der Waals surface area contributed by atoms with Crippen LogP contribution in [0.4, 0.5) is 11.6 Å². The zero-order chi connectivity index (χ0) is 28.1. The quantitative estimate of drug-likeness (QED) is 0.357. The van der Waals surface area contributed by atoms with Gasteiger partial charge in [-0.3, -0.25) is 23.5 Å². The van der Waals surface area contributed by atoms with Crippen LogP contribution in [-0.2, 0) is 23.2 Å². The summed E-state index contributed by atoms with van der Waals surface area (Å²) < 4.78 is 3.50. The smallest absolute Gasteiger partial charge is 0.332 e. The van der Waals surface area contributed by atoms with Crippen LogP contribution in [0.25, 0.3) is 22.4 Å². The van der Waals surface area contributed by atoms with Gasteiger partial charge < -0.3 is 14.8 Å². The van der Waals surface area contributed by atoms with Crippen molar-refractivity contribution in [1.82, 2.24) is 28.7 Å². The second-order valence-electron chi connectivity index (χ2n) is 10.6. The molecule has 12 heteroatoms. The van der Waals surface area contributed by atoms with Crippen molar-refractivity contribution in [2.75, 3.05) is 23.3 Å². The molecule has 0 radical (unpaired) electrons. The molecule has 1 N–H and O–H groups in total. The number of pyridine rings is 2. The van der Waals surface area contributed by atoms with Gasteiger partial charge in [0, 0.05) is 38.3 Å². The van der Waals surface area contributed by atoms with E-state index in [4.69, 9.17) is 0 Å². The maximum Gasteiger partial charge on any atom is 0.332 e. The lowest BCUT2D eigenvalue weighted by Gasteiger charge is -2.19. The minimum atomic E-state index is -0.858. The van der Waals surface area contributed by atoms with E-state index in [2.05, 4.69) is 25.2 Å². The van der Waals surface area contributed by atoms with Crippen LogP contribution in [0.3, 0.4) is 0 Å². The highest BCUT2D eigenvalue weighted by atomic mass is 16.2. The van der Waals surface area contributed by atoms with E-state index < -0.39 is 23.2 Å². The minimum absolute atomic E-state index is 0.0665. The molecule has 2 aliphatic rings. The van der Waals surface area contributed by atoms with Gasteiger partial charge in [-0.05, 0) is 49.4 Å². The Balaban J connectivity index is 1.22. The topological polar surface area (TPSA) is 137 Å². The van der Waals surface area contributed by atoms with Gasteiger partial charge in [0.05, 0.1) is 18.6 Å². The third kappa shape index (κ3) is 4.48. The molecule has 4 aromatic rings. The second-order valence-corrected chi connectivity index (χ2v) is 10.6. The number of amides is 1. The number of carbonyl (C=O) groups is 2. The molecular formula is C28H30N8O4. The first-order chi connectivity index (χ1) is 19.2. The van der Waals surface area contributed by atoms with E-state index in [0.29, 0.717) is 11.5 Å². The van der Waals surface area contributed by atoms with E-state index in [0.717, 1.165) is 40.9 Å². The van der Waals surface area contributed by atoms with Crippen LogP contribution >= 0.6 is 0 Å². The molecule has 6 rings (SSSR count). The first-order valence-electron chi connectivity index (χ1n) is 13.4. The summed E-state index contributed by atoms with van der Waals surface area (Å²) in [6, 6.07) is 8.47. The van der Waals surface area contributed by atoms with Crippen molar-refractivity contribution in [2.24, 2.45) is 18.9 Å².